The Morgan fingerprint density at radius 1 is 0.971 bits per heavy atom. The van der Waals surface area contributed by atoms with E-state index in [9.17, 15) is 9.59 Å². The number of nitrogens with zero attached hydrogens (tertiary/aromatic N) is 2. The van der Waals surface area contributed by atoms with Crippen molar-refractivity contribution in [2.45, 2.75) is 46.5 Å². The largest absolute Gasteiger partial charge is 0.372 e. The van der Waals surface area contributed by atoms with Gasteiger partial charge in [-0.1, -0.05) is 44.2 Å². The number of hydrogen-bond donors (Lipinski definition) is 2. The van der Waals surface area contributed by atoms with Crippen molar-refractivity contribution >= 4 is 17.3 Å². The summed E-state index contributed by atoms with van der Waals surface area (Å²) in [6.07, 6.45) is 1.24. The number of aromatic nitrogens is 2. The molecule has 3 aromatic rings. The topological polar surface area (TPSA) is 70.1 Å². The standard InChI is InChI=1S/C28H32N4O2/c1-5-31(6-2)19-14-12-18(13-15-19)23-24-21(16-28(3,4)17-22(24)33)29-26-25(23)27(34)32(30-26)20-10-8-7-9-11-20/h7-15,23,29-30H,5-6,16-17H2,1-4H3/t23-/m0/s1. The van der Waals surface area contributed by atoms with Crippen molar-refractivity contribution in [3.63, 3.8) is 0 Å². The summed E-state index contributed by atoms with van der Waals surface area (Å²) in [5.74, 6) is 0.402. The lowest BCUT2D eigenvalue weighted by molar-refractivity contribution is -0.118. The summed E-state index contributed by atoms with van der Waals surface area (Å²) < 4.78 is 1.57. The molecule has 0 bridgehead atoms. The van der Waals surface area contributed by atoms with Crippen LogP contribution in [-0.2, 0) is 4.79 Å². The second-order valence-electron chi connectivity index (χ2n) is 10.0. The van der Waals surface area contributed by atoms with Gasteiger partial charge in [0.2, 0.25) is 0 Å². The summed E-state index contributed by atoms with van der Waals surface area (Å²) in [6.45, 7) is 10.4. The highest BCUT2D eigenvalue weighted by atomic mass is 16.1. The minimum absolute atomic E-state index is 0.120. The Kier molecular flexibility index (Phi) is 5.47. The molecule has 2 heterocycles. The van der Waals surface area contributed by atoms with Crippen molar-refractivity contribution in [1.82, 2.24) is 9.78 Å². The predicted molar refractivity (Wildman–Crippen MR) is 137 cm³/mol. The van der Waals surface area contributed by atoms with E-state index in [0.29, 0.717) is 17.8 Å². The molecule has 1 aromatic heterocycles. The highest BCUT2D eigenvalue weighted by Crippen LogP contribution is 2.47. The van der Waals surface area contributed by atoms with Crippen LogP contribution >= 0.6 is 0 Å². The summed E-state index contributed by atoms with van der Waals surface area (Å²) in [6, 6.07) is 17.9. The van der Waals surface area contributed by atoms with Gasteiger partial charge in [-0.05, 0) is 55.5 Å². The van der Waals surface area contributed by atoms with Crippen LogP contribution in [0.2, 0.25) is 0 Å². The maximum atomic E-state index is 13.7. The normalized spacial score (nSPS) is 18.8. The predicted octanol–water partition coefficient (Wildman–Crippen LogP) is 5.21. The van der Waals surface area contributed by atoms with Gasteiger partial charge in [-0.3, -0.25) is 14.7 Å². The van der Waals surface area contributed by atoms with Crippen molar-refractivity contribution in [3.8, 4) is 5.69 Å². The highest BCUT2D eigenvalue weighted by Gasteiger charge is 2.42. The Morgan fingerprint density at radius 3 is 2.29 bits per heavy atom. The number of carbonyl (C=O) groups excluding carboxylic acids is 1. The second-order valence-corrected chi connectivity index (χ2v) is 10.0. The van der Waals surface area contributed by atoms with Gasteiger partial charge in [0.1, 0.15) is 5.82 Å². The molecule has 0 unspecified atom stereocenters. The fraction of sp³-hybridized carbons (Fsp3) is 0.357. The Balaban J connectivity index is 1.68. The average Bonchev–Trinajstić information content (AvgIpc) is 3.15. The van der Waals surface area contributed by atoms with Crippen molar-refractivity contribution in [1.29, 1.82) is 0 Å². The second kappa shape index (κ2) is 8.35. The van der Waals surface area contributed by atoms with Crippen LogP contribution in [0.3, 0.4) is 0 Å². The number of aromatic amines is 1. The fourth-order valence-corrected chi connectivity index (χ4v) is 5.45. The number of hydrogen-bond acceptors (Lipinski definition) is 4. The van der Waals surface area contributed by atoms with E-state index < -0.39 is 5.92 Å². The van der Waals surface area contributed by atoms with Crippen LogP contribution in [0.4, 0.5) is 11.5 Å². The first-order chi connectivity index (χ1) is 16.3. The number of benzene rings is 2. The third kappa shape index (κ3) is 3.67. The lowest BCUT2D eigenvalue weighted by atomic mass is 9.69. The Hall–Kier alpha value is -3.54. The Labute approximate surface area is 200 Å². The maximum Gasteiger partial charge on any atom is 0.277 e. The molecule has 0 spiro atoms. The molecule has 176 valence electrons. The Bertz CT molecular complexity index is 1310. The van der Waals surface area contributed by atoms with E-state index in [1.54, 1.807) is 4.68 Å². The molecule has 5 rings (SSSR count). The lowest BCUT2D eigenvalue weighted by Gasteiger charge is -2.38. The van der Waals surface area contributed by atoms with E-state index >= 15 is 0 Å². The minimum Gasteiger partial charge on any atom is -0.372 e. The number of rotatable bonds is 5. The van der Waals surface area contributed by atoms with Gasteiger partial charge in [0.15, 0.2) is 5.78 Å². The highest BCUT2D eigenvalue weighted by molar-refractivity contribution is 6.01. The van der Waals surface area contributed by atoms with Crippen LogP contribution < -0.4 is 15.8 Å². The number of fused-ring (bicyclic) bond motifs is 1. The zero-order valence-corrected chi connectivity index (χ0v) is 20.3. The van der Waals surface area contributed by atoms with Crippen LogP contribution in [0.15, 0.2) is 70.7 Å². The molecule has 0 saturated carbocycles. The van der Waals surface area contributed by atoms with E-state index in [-0.39, 0.29) is 16.8 Å². The van der Waals surface area contributed by atoms with Crippen molar-refractivity contribution in [2.75, 3.05) is 23.3 Å². The quantitative estimate of drug-likeness (QED) is 0.553. The molecule has 0 amide bonds. The summed E-state index contributed by atoms with van der Waals surface area (Å²) >= 11 is 0. The summed E-state index contributed by atoms with van der Waals surface area (Å²) in [5.41, 5.74) is 4.89. The van der Waals surface area contributed by atoms with Crippen LogP contribution in [0.5, 0.6) is 0 Å². The fourth-order valence-electron chi connectivity index (χ4n) is 5.45. The van der Waals surface area contributed by atoms with Gasteiger partial charge in [0.25, 0.3) is 5.56 Å². The Morgan fingerprint density at radius 2 is 1.65 bits per heavy atom. The van der Waals surface area contributed by atoms with Crippen LogP contribution in [0.25, 0.3) is 5.69 Å². The SMILES string of the molecule is CCN(CC)c1ccc([C@H]2C3=C(CC(C)(C)CC3=O)Nc3[nH]n(-c4ccccc4)c(=O)c32)cc1. The third-order valence-corrected chi connectivity index (χ3v) is 7.07. The molecule has 0 fully saturated rings. The monoisotopic (exact) mass is 456 g/mol. The third-order valence-electron chi connectivity index (χ3n) is 7.07. The van der Waals surface area contributed by atoms with Gasteiger partial charge < -0.3 is 10.2 Å². The van der Waals surface area contributed by atoms with Crippen molar-refractivity contribution in [2.24, 2.45) is 5.41 Å². The molecule has 0 radical (unpaired) electrons. The number of anilines is 2. The molecule has 0 saturated heterocycles. The minimum atomic E-state index is -0.394. The van der Waals surface area contributed by atoms with Crippen LogP contribution in [-0.4, -0.2) is 28.7 Å². The summed E-state index contributed by atoms with van der Waals surface area (Å²) in [7, 11) is 0. The van der Waals surface area contributed by atoms with E-state index in [1.807, 2.05) is 30.3 Å². The molecule has 2 N–H and O–H groups in total. The zero-order valence-electron chi connectivity index (χ0n) is 20.3. The molecule has 1 atom stereocenters. The van der Waals surface area contributed by atoms with Gasteiger partial charge in [-0.25, -0.2) is 4.68 Å². The van der Waals surface area contributed by atoms with E-state index in [4.69, 9.17) is 0 Å². The van der Waals surface area contributed by atoms with Crippen LogP contribution in [0.1, 0.15) is 57.6 Å². The number of allylic oxidation sites excluding steroid dienone is 2. The number of Topliss-reactive ketones (excluding diaryl/α,β-unsaturated/α-hetero) is 1. The molecule has 2 aliphatic rings. The lowest BCUT2D eigenvalue weighted by Crippen LogP contribution is -2.35. The summed E-state index contributed by atoms with van der Waals surface area (Å²) in [4.78, 5) is 29.5. The van der Waals surface area contributed by atoms with Gasteiger partial charge in [0.05, 0.1) is 11.3 Å². The van der Waals surface area contributed by atoms with E-state index in [0.717, 1.165) is 47.7 Å². The maximum absolute atomic E-state index is 13.7. The first-order valence-electron chi connectivity index (χ1n) is 12.1. The van der Waals surface area contributed by atoms with Gasteiger partial charge in [0, 0.05) is 42.4 Å². The average molecular weight is 457 g/mol. The number of para-hydroxylation sites is 1. The number of carbonyl (C=O) groups is 1. The van der Waals surface area contributed by atoms with E-state index in [1.165, 1.54) is 0 Å². The number of ketones is 1. The molecular weight excluding hydrogens is 424 g/mol. The first kappa shape index (κ1) is 22.3. The zero-order chi connectivity index (χ0) is 24.0. The molecule has 2 aromatic carbocycles. The molecule has 6 nitrogen and oxygen atoms in total. The van der Waals surface area contributed by atoms with Crippen LogP contribution in [0, 0.1) is 5.41 Å². The van der Waals surface area contributed by atoms with Crippen molar-refractivity contribution < 1.29 is 4.79 Å². The molecule has 1 aliphatic carbocycles. The van der Waals surface area contributed by atoms with Crippen molar-refractivity contribution in [3.05, 3.63) is 87.3 Å². The van der Waals surface area contributed by atoms with Gasteiger partial charge >= 0.3 is 0 Å². The summed E-state index contributed by atoms with van der Waals surface area (Å²) in [5, 5.41) is 6.72. The molecule has 6 heteroatoms. The number of nitrogens with one attached hydrogen (secondary N) is 2. The van der Waals surface area contributed by atoms with E-state index in [2.05, 4.69) is 67.3 Å². The smallest absolute Gasteiger partial charge is 0.277 e. The first-order valence-corrected chi connectivity index (χ1v) is 12.1. The van der Waals surface area contributed by atoms with Gasteiger partial charge in [-0.15, -0.1) is 0 Å². The molecule has 34 heavy (non-hydrogen) atoms. The number of H-pyrrole nitrogens is 1. The van der Waals surface area contributed by atoms with Gasteiger partial charge in [-0.2, -0.15) is 0 Å². The molecular formula is C28H32N4O2. The molecule has 1 aliphatic heterocycles.